The fourth-order valence-corrected chi connectivity index (χ4v) is 2.03. The van der Waals surface area contributed by atoms with Crippen LogP contribution < -0.4 is 5.43 Å². The second-order valence-corrected chi connectivity index (χ2v) is 4.61. The van der Waals surface area contributed by atoms with Gasteiger partial charge in [0, 0.05) is 12.4 Å². The quantitative estimate of drug-likeness (QED) is 0.554. The Labute approximate surface area is 123 Å². The molecule has 0 saturated heterocycles. The molecule has 1 aromatic heterocycles. The standard InChI is InChI=1S/C17H16N4/c1-3-7-14(8-4-1)16(13-17-18-11-12-19-17)21-20-15-9-5-2-6-10-15/h1-12,20H,13H2,(H,18,19)/b21-16-. The molecule has 3 rings (SSSR count). The van der Waals surface area contributed by atoms with E-state index in [0.717, 1.165) is 22.8 Å². The van der Waals surface area contributed by atoms with Crippen molar-refractivity contribution in [3.63, 3.8) is 0 Å². The van der Waals surface area contributed by atoms with Crippen LogP contribution in [0, 0.1) is 0 Å². The summed E-state index contributed by atoms with van der Waals surface area (Å²) in [5.74, 6) is 0.896. The van der Waals surface area contributed by atoms with Crippen molar-refractivity contribution in [2.24, 2.45) is 5.10 Å². The lowest BCUT2D eigenvalue weighted by Gasteiger charge is -2.07. The van der Waals surface area contributed by atoms with Crippen LogP contribution in [0.25, 0.3) is 0 Å². The Morgan fingerprint density at radius 1 is 1.00 bits per heavy atom. The highest BCUT2D eigenvalue weighted by Gasteiger charge is 2.06. The summed E-state index contributed by atoms with van der Waals surface area (Å²) in [4.78, 5) is 7.39. The summed E-state index contributed by atoms with van der Waals surface area (Å²) in [6, 6.07) is 20.0. The van der Waals surface area contributed by atoms with E-state index in [4.69, 9.17) is 0 Å². The van der Waals surface area contributed by atoms with Crippen molar-refractivity contribution in [3.8, 4) is 0 Å². The maximum atomic E-state index is 4.55. The molecule has 0 aliphatic rings. The zero-order valence-corrected chi connectivity index (χ0v) is 11.5. The van der Waals surface area contributed by atoms with E-state index in [2.05, 4.69) is 32.6 Å². The zero-order valence-electron chi connectivity index (χ0n) is 11.5. The zero-order chi connectivity index (χ0) is 14.3. The number of imidazole rings is 1. The number of anilines is 1. The van der Waals surface area contributed by atoms with Crippen molar-refractivity contribution in [2.75, 3.05) is 5.43 Å². The van der Waals surface area contributed by atoms with Gasteiger partial charge in [-0.1, -0.05) is 48.5 Å². The fraction of sp³-hybridized carbons (Fsp3) is 0.0588. The van der Waals surface area contributed by atoms with Gasteiger partial charge < -0.3 is 4.98 Å². The molecule has 104 valence electrons. The number of rotatable bonds is 5. The summed E-state index contributed by atoms with van der Waals surface area (Å²) in [5, 5.41) is 4.55. The molecule has 4 heteroatoms. The van der Waals surface area contributed by atoms with Crippen LogP contribution >= 0.6 is 0 Å². The van der Waals surface area contributed by atoms with Crippen molar-refractivity contribution in [1.82, 2.24) is 9.97 Å². The van der Waals surface area contributed by atoms with Crippen molar-refractivity contribution >= 4 is 11.4 Å². The largest absolute Gasteiger partial charge is 0.348 e. The van der Waals surface area contributed by atoms with Gasteiger partial charge in [0.2, 0.25) is 0 Å². The van der Waals surface area contributed by atoms with Gasteiger partial charge in [-0.15, -0.1) is 0 Å². The maximum absolute atomic E-state index is 4.55. The smallest absolute Gasteiger partial charge is 0.112 e. The predicted molar refractivity (Wildman–Crippen MR) is 85.3 cm³/mol. The average molecular weight is 276 g/mol. The minimum Gasteiger partial charge on any atom is -0.348 e. The van der Waals surface area contributed by atoms with Gasteiger partial charge in [0.25, 0.3) is 0 Å². The van der Waals surface area contributed by atoms with Crippen molar-refractivity contribution in [3.05, 3.63) is 84.4 Å². The Balaban J connectivity index is 1.85. The van der Waals surface area contributed by atoms with Gasteiger partial charge in [0.05, 0.1) is 17.8 Å². The van der Waals surface area contributed by atoms with Gasteiger partial charge in [0.1, 0.15) is 5.82 Å². The first-order valence-corrected chi connectivity index (χ1v) is 6.83. The summed E-state index contributed by atoms with van der Waals surface area (Å²) in [5.41, 5.74) is 6.09. The van der Waals surface area contributed by atoms with Gasteiger partial charge in [-0.2, -0.15) is 5.10 Å². The molecule has 0 atom stereocenters. The Bertz CT molecular complexity index is 688. The molecule has 0 saturated carbocycles. The van der Waals surface area contributed by atoms with Crippen LogP contribution in [-0.2, 0) is 6.42 Å². The SMILES string of the molecule is c1ccc(N/N=C(/Cc2ncc[nH]2)c2ccccc2)cc1. The molecule has 2 aromatic carbocycles. The molecule has 1 heterocycles. The number of H-pyrrole nitrogens is 1. The number of aromatic amines is 1. The number of nitrogens with zero attached hydrogens (tertiary/aromatic N) is 2. The van der Waals surface area contributed by atoms with Gasteiger partial charge in [-0.25, -0.2) is 4.98 Å². The first-order valence-electron chi connectivity index (χ1n) is 6.83. The van der Waals surface area contributed by atoms with Crippen LogP contribution in [0.5, 0.6) is 0 Å². The molecule has 3 aromatic rings. The monoisotopic (exact) mass is 276 g/mol. The minimum atomic E-state index is 0.650. The molecule has 4 nitrogen and oxygen atoms in total. The van der Waals surface area contributed by atoms with Gasteiger partial charge >= 0.3 is 0 Å². The molecule has 0 fully saturated rings. The summed E-state index contributed by atoms with van der Waals surface area (Å²) < 4.78 is 0. The number of hydrogen-bond acceptors (Lipinski definition) is 3. The fourth-order valence-electron chi connectivity index (χ4n) is 2.03. The van der Waals surface area contributed by atoms with E-state index in [9.17, 15) is 0 Å². The third-order valence-corrected chi connectivity index (χ3v) is 3.09. The van der Waals surface area contributed by atoms with E-state index in [1.54, 1.807) is 6.20 Å². The number of aromatic nitrogens is 2. The van der Waals surface area contributed by atoms with Crippen LogP contribution in [0.15, 0.2) is 78.2 Å². The lowest BCUT2D eigenvalue weighted by Crippen LogP contribution is -2.09. The third-order valence-electron chi connectivity index (χ3n) is 3.09. The molecular weight excluding hydrogens is 260 g/mol. The molecule has 2 N–H and O–H groups in total. The summed E-state index contributed by atoms with van der Waals surface area (Å²) >= 11 is 0. The molecule has 0 spiro atoms. The summed E-state index contributed by atoms with van der Waals surface area (Å²) in [6.07, 6.45) is 4.22. The highest BCUT2D eigenvalue weighted by molar-refractivity contribution is 6.01. The molecule has 0 radical (unpaired) electrons. The topological polar surface area (TPSA) is 53.1 Å². The van der Waals surface area contributed by atoms with Crippen molar-refractivity contribution in [2.45, 2.75) is 6.42 Å². The van der Waals surface area contributed by atoms with Crippen LogP contribution in [0.1, 0.15) is 11.4 Å². The lowest BCUT2D eigenvalue weighted by atomic mass is 10.1. The Morgan fingerprint density at radius 2 is 1.71 bits per heavy atom. The van der Waals surface area contributed by atoms with Crippen molar-refractivity contribution < 1.29 is 0 Å². The van der Waals surface area contributed by atoms with Crippen LogP contribution in [0.2, 0.25) is 0 Å². The second-order valence-electron chi connectivity index (χ2n) is 4.61. The second kappa shape index (κ2) is 6.52. The van der Waals surface area contributed by atoms with E-state index in [1.165, 1.54) is 0 Å². The van der Waals surface area contributed by atoms with Crippen LogP contribution in [0.4, 0.5) is 5.69 Å². The molecule has 0 bridgehead atoms. The van der Waals surface area contributed by atoms with Gasteiger partial charge in [0.15, 0.2) is 0 Å². The summed E-state index contributed by atoms with van der Waals surface area (Å²) in [6.45, 7) is 0. The molecule has 0 aliphatic carbocycles. The van der Waals surface area contributed by atoms with E-state index in [-0.39, 0.29) is 0 Å². The first-order chi connectivity index (χ1) is 10.4. The third kappa shape index (κ3) is 3.57. The van der Waals surface area contributed by atoms with E-state index in [0.29, 0.717) is 6.42 Å². The maximum Gasteiger partial charge on any atom is 0.112 e. The van der Waals surface area contributed by atoms with Crippen LogP contribution in [-0.4, -0.2) is 15.7 Å². The lowest BCUT2D eigenvalue weighted by molar-refractivity contribution is 1.08. The average Bonchev–Trinajstić information content (AvgIpc) is 3.06. The number of para-hydroxylation sites is 1. The van der Waals surface area contributed by atoms with Gasteiger partial charge in [-0.05, 0) is 17.7 Å². The van der Waals surface area contributed by atoms with Gasteiger partial charge in [-0.3, -0.25) is 5.43 Å². The highest BCUT2D eigenvalue weighted by atomic mass is 15.3. The molecular formula is C17H16N4. The van der Waals surface area contributed by atoms with E-state index in [1.807, 2.05) is 54.7 Å². The predicted octanol–water partition coefficient (Wildman–Crippen LogP) is 3.47. The molecule has 21 heavy (non-hydrogen) atoms. The van der Waals surface area contributed by atoms with E-state index < -0.39 is 0 Å². The minimum absolute atomic E-state index is 0.650. The Kier molecular flexibility index (Phi) is 4.07. The summed E-state index contributed by atoms with van der Waals surface area (Å²) in [7, 11) is 0. The molecule has 0 amide bonds. The molecule has 0 aliphatic heterocycles. The van der Waals surface area contributed by atoms with Crippen LogP contribution in [0.3, 0.4) is 0 Å². The number of nitrogens with one attached hydrogen (secondary N) is 2. The highest BCUT2D eigenvalue weighted by Crippen LogP contribution is 2.09. The van der Waals surface area contributed by atoms with E-state index >= 15 is 0 Å². The Hall–Kier alpha value is -2.88. The molecule has 0 unspecified atom stereocenters. The Morgan fingerprint density at radius 3 is 2.38 bits per heavy atom. The number of hydrogen-bond donors (Lipinski definition) is 2. The van der Waals surface area contributed by atoms with Crippen molar-refractivity contribution in [1.29, 1.82) is 0 Å². The normalized spacial score (nSPS) is 11.3. The number of benzene rings is 2. The number of hydrazone groups is 1. The first kappa shape index (κ1) is 13.1.